The predicted molar refractivity (Wildman–Crippen MR) is 122 cm³/mol. The van der Waals surface area contributed by atoms with Crippen molar-refractivity contribution in [2.45, 2.75) is 0 Å². The van der Waals surface area contributed by atoms with Crippen LogP contribution in [-0.2, 0) is 9.59 Å². The van der Waals surface area contributed by atoms with Crippen molar-refractivity contribution in [1.29, 1.82) is 0 Å². The van der Waals surface area contributed by atoms with E-state index >= 15 is 0 Å². The summed E-state index contributed by atoms with van der Waals surface area (Å²) in [6.45, 7) is 0. The van der Waals surface area contributed by atoms with Crippen molar-refractivity contribution in [3.05, 3.63) is 83.7 Å². The van der Waals surface area contributed by atoms with Gasteiger partial charge < -0.3 is 14.4 Å². The summed E-state index contributed by atoms with van der Waals surface area (Å²) >= 11 is 5.24. The molecule has 2 aromatic carbocycles. The molecular weight excluding hydrogens is 430 g/mol. The zero-order chi connectivity index (χ0) is 22.8. The van der Waals surface area contributed by atoms with Gasteiger partial charge in [-0.3, -0.25) is 14.9 Å². The number of aromatic nitrogens is 1. The summed E-state index contributed by atoms with van der Waals surface area (Å²) in [5.41, 5.74) is 1.69. The number of carbonyl (C=O) groups excluding carboxylic acids is 2. The minimum Gasteiger partial charge on any atom is -0.495 e. The Morgan fingerprint density at radius 1 is 1.06 bits per heavy atom. The molecule has 2 amide bonds. The normalized spacial score (nSPS) is 15.1. The van der Waals surface area contributed by atoms with Crippen molar-refractivity contribution < 1.29 is 24.2 Å². The molecule has 1 fully saturated rings. The third-order valence-corrected chi connectivity index (χ3v) is 5.18. The number of hydrogen-bond acceptors (Lipinski definition) is 5. The van der Waals surface area contributed by atoms with Gasteiger partial charge in [0, 0.05) is 17.6 Å². The molecule has 0 radical (unpaired) electrons. The molecule has 2 N–H and O–H groups in total. The van der Waals surface area contributed by atoms with Gasteiger partial charge >= 0.3 is 5.97 Å². The van der Waals surface area contributed by atoms with E-state index in [1.165, 1.54) is 30.2 Å². The first kappa shape index (κ1) is 21.0. The molecular formula is C23H17N3O5S. The first-order valence-electron chi connectivity index (χ1n) is 9.46. The Balaban J connectivity index is 1.74. The first-order chi connectivity index (χ1) is 15.4. The highest BCUT2D eigenvalue weighted by atomic mass is 32.1. The highest BCUT2D eigenvalue weighted by Gasteiger charge is 2.36. The Morgan fingerprint density at radius 3 is 2.47 bits per heavy atom. The fourth-order valence-electron chi connectivity index (χ4n) is 3.35. The third-order valence-electron chi connectivity index (χ3n) is 4.89. The number of carboxylic acids is 1. The van der Waals surface area contributed by atoms with Crippen LogP contribution in [0.5, 0.6) is 5.75 Å². The topological polar surface area (TPSA) is 101 Å². The number of carboxylic acid groups (broad SMARTS) is 1. The van der Waals surface area contributed by atoms with Crippen molar-refractivity contribution in [3.63, 3.8) is 0 Å². The quantitative estimate of drug-likeness (QED) is 0.354. The van der Waals surface area contributed by atoms with Crippen molar-refractivity contribution >= 4 is 46.9 Å². The second-order valence-corrected chi connectivity index (χ2v) is 7.17. The molecule has 1 aromatic heterocycles. The number of amides is 2. The van der Waals surface area contributed by atoms with E-state index in [4.69, 9.17) is 22.1 Å². The van der Waals surface area contributed by atoms with Crippen molar-refractivity contribution in [1.82, 2.24) is 9.88 Å². The van der Waals surface area contributed by atoms with Gasteiger partial charge in [0.2, 0.25) is 0 Å². The van der Waals surface area contributed by atoms with Gasteiger partial charge in [-0.1, -0.05) is 12.1 Å². The lowest BCUT2D eigenvalue weighted by molar-refractivity contribution is -0.122. The van der Waals surface area contributed by atoms with E-state index in [2.05, 4.69) is 5.32 Å². The Hall–Kier alpha value is -4.24. The van der Waals surface area contributed by atoms with Crippen LogP contribution in [0.15, 0.2) is 72.4 Å². The van der Waals surface area contributed by atoms with Crippen molar-refractivity contribution in [2.75, 3.05) is 12.0 Å². The summed E-state index contributed by atoms with van der Waals surface area (Å²) in [7, 11) is 1.48. The molecule has 1 saturated heterocycles. The number of methoxy groups -OCH3 is 1. The van der Waals surface area contributed by atoms with Crippen LogP contribution in [0, 0.1) is 0 Å². The van der Waals surface area contributed by atoms with Gasteiger partial charge in [0.1, 0.15) is 11.3 Å². The highest BCUT2D eigenvalue weighted by molar-refractivity contribution is 7.80. The summed E-state index contributed by atoms with van der Waals surface area (Å²) in [6.07, 6.45) is 3.21. The van der Waals surface area contributed by atoms with Gasteiger partial charge in [-0.15, -0.1) is 0 Å². The van der Waals surface area contributed by atoms with Gasteiger partial charge in [0.25, 0.3) is 11.8 Å². The van der Waals surface area contributed by atoms with Crippen LogP contribution in [0.25, 0.3) is 11.8 Å². The second kappa shape index (κ2) is 8.48. The molecule has 0 atom stereocenters. The SMILES string of the molecule is COc1ccccc1N1C(=O)/C(=C/c2cccn2-c2ccc(C(=O)O)cc2)C(=O)NC1=S. The lowest BCUT2D eigenvalue weighted by Crippen LogP contribution is -2.54. The van der Waals surface area contributed by atoms with Gasteiger partial charge in [-0.05, 0) is 66.8 Å². The number of para-hydroxylation sites is 2. The molecule has 0 spiro atoms. The van der Waals surface area contributed by atoms with E-state index < -0.39 is 17.8 Å². The Morgan fingerprint density at radius 2 is 1.78 bits per heavy atom. The second-order valence-electron chi connectivity index (χ2n) is 6.78. The molecule has 1 aliphatic rings. The van der Waals surface area contributed by atoms with E-state index in [-0.39, 0.29) is 16.2 Å². The summed E-state index contributed by atoms with van der Waals surface area (Å²) < 4.78 is 7.07. The fourth-order valence-corrected chi connectivity index (χ4v) is 3.62. The molecule has 0 aliphatic carbocycles. The molecule has 2 heterocycles. The number of anilines is 1. The zero-order valence-corrected chi connectivity index (χ0v) is 17.6. The maximum atomic E-state index is 13.3. The molecule has 0 bridgehead atoms. The standard InChI is InChI=1S/C23H17N3O5S/c1-31-19-7-3-2-6-18(19)26-21(28)17(20(27)24-23(26)32)13-16-5-4-12-25(16)15-10-8-14(9-11-15)22(29)30/h2-13H,1H3,(H,29,30)(H,24,27,32)/b17-13+. The van der Waals surface area contributed by atoms with Crippen LogP contribution >= 0.6 is 12.2 Å². The van der Waals surface area contributed by atoms with Crippen LogP contribution in [0.1, 0.15) is 16.1 Å². The fraction of sp³-hybridized carbons (Fsp3) is 0.0435. The van der Waals surface area contributed by atoms with Gasteiger partial charge in [-0.2, -0.15) is 0 Å². The number of nitrogens with zero attached hydrogens (tertiary/aromatic N) is 2. The highest BCUT2D eigenvalue weighted by Crippen LogP contribution is 2.31. The van der Waals surface area contributed by atoms with Gasteiger partial charge in [0.15, 0.2) is 5.11 Å². The molecule has 0 unspecified atom stereocenters. The summed E-state index contributed by atoms with van der Waals surface area (Å²) in [5.74, 6) is -1.79. The van der Waals surface area contributed by atoms with Crippen LogP contribution in [0.4, 0.5) is 5.69 Å². The number of rotatable bonds is 5. The van der Waals surface area contributed by atoms with Crippen LogP contribution in [0.3, 0.4) is 0 Å². The average molecular weight is 447 g/mol. The third kappa shape index (κ3) is 3.77. The van der Waals surface area contributed by atoms with Crippen LogP contribution in [0.2, 0.25) is 0 Å². The molecule has 0 saturated carbocycles. The number of hydrogen-bond donors (Lipinski definition) is 2. The molecule has 4 rings (SSSR count). The molecule has 3 aromatic rings. The van der Waals surface area contributed by atoms with E-state index in [0.29, 0.717) is 22.8 Å². The van der Waals surface area contributed by atoms with Gasteiger partial charge in [0.05, 0.1) is 18.4 Å². The molecule has 160 valence electrons. The molecule has 8 nitrogen and oxygen atoms in total. The smallest absolute Gasteiger partial charge is 0.335 e. The first-order valence-corrected chi connectivity index (χ1v) is 9.87. The van der Waals surface area contributed by atoms with Crippen LogP contribution < -0.4 is 15.0 Å². The minimum absolute atomic E-state index is 0.0405. The predicted octanol–water partition coefficient (Wildman–Crippen LogP) is 3.02. The monoisotopic (exact) mass is 447 g/mol. The Bertz CT molecular complexity index is 1280. The maximum Gasteiger partial charge on any atom is 0.335 e. The average Bonchev–Trinajstić information content (AvgIpc) is 3.25. The van der Waals surface area contributed by atoms with Gasteiger partial charge in [-0.25, -0.2) is 9.69 Å². The number of ether oxygens (including phenoxy) is 1. The largest absolute Gasteiger partial charge is 0.495 e. The summed E-state index contributed by atoms with van der Waals surface area (Å²) in [5, 5.41) is 11.6. The van der Waals surface area contributed by atoms with Crippen molar-refractivity contribution in [2.24, 2.45) is 0 Å². The van der Waals surface area contributed by atoms with E-state index in [1.807, 2.05) is 0 Å². The number of thiocarbonyl (C=S) groups is 1. The molecule has 9 heteroatoms. The van der Waals surface area contributed by atoms with E-state index in [9.17, 15) is 14.4 Å². The lowest BCUT2D eigenvalue weighted by atomic mass is 10.1. The number of benzene rings is 2. The number of nitrogens with one attached hydrogen (secondary N) is 1. The van der Waals surface area contributed by atoms with E-state index in [0.717, 1.165) is 0 Å². The zero-order valence-electron chi connectivity index (χ0n) is 16.8. The minimum atomic E-state index is -1.02. The molecule has 32 heavy (non-hydrogen) atoms. The van der Waals surface area contributed by atoms with Crippen LogP contribution in [-0.4, -0.2) is 39.7 Å². The number of aromatic carboxylic acids is 1. The summed E-state index contributed by atoms with van der Waals surface area (Å²) in [4.78, 5) is 38.2. The van der Waals surface area contributed by atoms with Crippen molar-refractivity contribution in [3.8, 4) is 11.4 Å². The Labute approximate surface area is 188 Å². The van der Waals surface area contributed by atoms with E-state index in [1.54, 1.807) is 59.3 Å². The lowest BCUT2D eigenvalue weighted by Gasteiger charge is -2.29. The number of carbonyl (C=O) groups is 3. The Kier molecular flexibility index (Phi) is 5.57. The maximum absolute atomic E-state index is 13.3. The molecule has 1 aliphatic heterocycles. The summed E-state index contributed by atoms with van der Waals surface area (Å²) in [6, 6.07) is 16.6.